The molecule has 35 heavy (non-hydrogen) atoms. The molecule has 6 nitrogen and oxygen atoms in total. The lowest BCUT2D eigenvalue weighted by atomic mass is 9.97. The number of aromatic nitrogens is 3. The van der Waals surface area contributed by atoms with Crippen molar-refractivity contribution in [2.24, 2.45) is 0 Å². The van der Waals surface area contributed by atoms with Crippen LogP contribution in [0.2, 0.25) is 0 Å². The summed E-state index contributed by atoms with van der Waals surface area (Å²) in [6.07, 6.45) is 5.78. The Bertz CT molecular complexity index is 1440. The van der Waals surface area contributed by atoms with Crippen LogP contribution in [0.5, 0.6) is 0 Å². The molecule has 0 aliphatic carbocycles. The highest BCUT2D eigenvalue weighted by Crippen LogP contribution is 2.38. The van der Waals surface area contributed by atoms with Crippen molar-refractivity contribution in [1.29, 1.82) is 0 Å². The molecule has 176 valence electrons. The van der Waals surface area contributed by atoms with E-state index >= 15 is 0 Å². The van der Waals surface area contributed by atoms with Gasteiger partial charge in [-0.3, -0.25) is 4.79 Å². The van der Waals surface area contributed by atoms with E-state index in [0.717, 1.165) is 69.8 Å². The molecule has 0 radical (unpaired) electrons. The van der Waals surface area contributed by atoms with Crippen molar-refractivity contribution in [2.75, 3.05) is 13.1 Å². The molecule has 6 rings (SSSR count). The molecule has 8 heteroatoms. The molecular formula is C27H24N4O2S2. The fourth-order valence-electron chi connectivity index (χ4n) is 4.69. The van der Waals surface area contributed by atoms with E-state index in [-0.39, 0.29) is 5.91 Å². The molecule has 0 saturated carbocycles. The zero-order valence-electron chi connectivity index (χ0n) is 19.3. The first-order valence-electron chi connectivity index (χ1n) is 11.7. The molecule has 1 fully saturated rings. The van der Waals surface area contributed by atoms with Gasteiger partial charge in [0, 0.05) is 42.3 Å². The number of thiophene rings is 1. The largest absolute Gasteiger partial charge is 0.360 e. The number of benzene rings is 1. The number of thiazole rings is 1. The second-order valence-corrected chi connectivity index (χ2v) is 10.5. The molecule has 0 bridgehead atoms. The number of nitrogens with zero attached hydrogens (tertiary/aromatic N) is 4. The van der Waals surface area contributed by atoms with Crippen LogP contribution in [0.1, 0.15) is 39.2 Å². The van der Waals surface area contributed by atoms with Gasteiger partial charge in [-0.15, -0.1) is 22.7 Å². The van der Waals surface area contributed by atoms with Gasteiger partial charge in [-0.2, -0.15) is 0 Å². The Labute approximate surface area is 211 Å². The molecule has 0 unspecified atom stereocenters. The van der Waals surface area contributed by atoms with Gasteiger partial charge in [0.15, 0.2) is 0 Å². The van der Waals surface area contributed by atoms with Crippen LogP contribution < -0.4 is 0 Å². The Morgan fingerprint density at radius 1 is 1.03 bits per heavy atom. The first-order chi connectivity index (χ1) is 17.2. The first-order valence-corrected chi connectivity index (χ1v) is 13.4. The number of carbonyl (C=O) groups excluding carboxylic acids is 1. The maximum atomic E-state index is 13.3. The minimum Gasteiger partial charge on any atom is -0.360 e. The average molecular weight is 501 g/mol. The van der Waals surface area contributed by atoms with Crippen molar-refractivity contribution in [3.8, 4) is 28.2 Å². The van der Waals surface area contributed by atoms with Crippen LogP contribution in [0.25, 0.3) is 28.2 Å². The van der Waals surface area contributed by atoms with E-state index in [0.29, 0.717) is 5.92 Å². The van der Waals surface area contributed by atoms with E-state index in [1.807, 2.05) is 82.7 Å². The van der Waals surface area contributed by atoms with Gasteiger partial charge in [0.05, 0.1) is 22.0 Å². The lowest BCUT2D eigenvalue weighted by Crippen LogP contribution is -2.37. The topological polar surface area (TPSA) is 64.2 Å². The molecule has 1 aliphatic heterocycles. The third-order valence-electron chi connectivity index (χ3n) is 6.54. The van der Waals surface area contributed by atoms with Crippen molar-refractivity contribution in [2.45, 2.75) is 25.7 Å². The SMILES string of the molecule is Cc1onc(-c2ccccc2)c1-c1csc(C2CCN(C(=O)c3sccc3-n3cccc3)CC2)n1. The number of aryl methyl sites for hydroxylation is 1. The standard InChI is InChI=1S/C27H24N4O2S2/c1-18-23(24(29-33-18)19-7-3-2-4-8-19)21-17-35-26(28-21)20-9-14-31(15-10-20)27(32)25-22(11-16-34-25)30-12-5-6-13-30/h2-8,11-13,16-17,20H,9-10,14-15H2,1H3. The van der Waals surface area contributed by atoms with Gasteiger partial charge in [0.25, 0.3) is 5.91 Å². The quantitative estimate of drug-likeness (QED) is 0.271. The number of amides is 1. The van der Waals surface area contributed by atoms with Crippen LogP contribution >= 0.6 is 22.7 Å². The molecule has 5 heterocycles. The minimum absolute atomic E-state index is 0.120. The smallest absolute Gasteiger partial charge is 0.266 e. The summed E-state index contributed by atoms with van der Waals surface area (Å²) in [4.78, 5) is 21.1. The molecule has 0 atom stereocenters. The maximum Gasteiger partial charge on any atom is 0.266 e. The van der Waals surface area contributed by atoms with Crippen molar-refractivity contribution in [3.05, 3.63) is 87.3 Å². The van der Waals surface area contributed by atoms with E-state index in [9.17, 15) is 4.79 Å². The fourth-order valence-corrected chi connectivity index (χ4v) is 6.53. The Hall–Kier alpha value is -3.49. The molecule has 1 aliphatic rings. The summed E-state index contributed by atoms with van der Waals surface area (Å²) >= 11 is 3.20. The van der Waals surface area contributed by atoms with Crippen molar-refractivity contribution >= 4 is 28.6 Å². The Morgan fingerprint density at radius 2 is 1.80 bits per heavy atom. The van der Waals surface area contributed by atoms with E-state index in [2.05, 4.69) is 10.5 Å². The Morgan fingerprint density at radius 3 is 2.57 bits per heavy atom. The predicted octanol–water partition coefficient (Wildman–Crippen LogP) is 6.65. The minimum atomic E-state index is 0.120. The number of likely N-dealkylation sites (tertiary alicyclic amines) is 1. The molecular weight excluding hydrogens is 476 g/mol. The number of hydrogen-bond acceptors (Lipinski definition) is 6. The molecule has 1 aromatic carbocycles. The maximum absolute atomic E-state index is 13.3. The van der Waals surface area contributed by atoms with Gasteiger partial charge < -0.3 is 14.0 Å². The normalized spacial score (nSPS) is 14.5. The fraction of sp³-hybridized carbons (Fsp3) is 0.222. The summed E-state index contributed by atoms with van der Waals surface area (Å²) in [5, 5.41) is 9.52. The van der Waals surface area contributed by atoms with Gasteiger partial charge in [-0.25, -0.2) is 4.98 Å². The average Bonchev–Trinajstić information content (AvgIpc) is 3.70. The molecule has 5 aromatic rings. The van der Waals surface area contributed by atoms with Gasteiger partial charge in [0.1, 0.15) is 16.3 Å². The number of carbonyl (C=O) groups is 1. The second-order valence-electron chi connectivity index (χ2n) is 8.69. The molecule has 1 amide bonds. The highest BCUT2D eigenvalue weighted by molar-refractivity contribution is 7.12. The van der Waals surface area contributed by atoms with Crippen LogP contribution in [0, 0.1) is 6.92 Å². The van der Waals surface area contributed by atoms with Gasteiger partial charge >= 0.3 is 0 Å². The Kier molecular flexibility index (Phi) is 5.83. The summed E-state index contributed by atoms with van der Waals surface area (Å²) in [7, 11) is 0. The van der Waals surface area contributed by atoms with Gasteiger partial charge in [-0.1, -0.05) is 35.5 Å². The van der Waals surface area contributed by atoms with Crippen LogP contribution in [-0.2, 0) is 0 Å². The number of rotatable bonds is 5. The van der Waals surface area contributed by atoms with E-state index in [1.54, 1.807) is 11.3 Å². The zero-order valence-corrected chi connectivity index (χ0v) is 20.9. The van der Waals surface area contributed by atoms with E-state index in [1.165, 1.54) is 11.3 Å². The van der Waals surface area contributed by atoms with Crippen LogP contribution in [0.15, 0.2) is 76.2 Å². The predicted molar refractivity (Wildman–Crippen MR) is 139 cm³/mol. The summed E-state index contributed by atoms with van der Waals surface area (Å²) in [5.74, 6) is 1.25. The van der Waals surface area contributed by atoms with Gasteiger partial charge in [0.2, 0.25) is 0 Å². The molecule has 0 N–H and O–H groups in total. The van der Waals surface area contributed by atoms with Crippen molar-refractivity contribution in [1.82, 2.24) is 19.6 Å². The summed E-state index contributed by atoms with van der Waals surface area (Å²) in [6, 6.07) is 16.0. The molecule has 4 aromatic heterocycles. The third kappa shape index (κ3) is 4.13. The highest BCUT2D eigenvalue weighted by Gasteiger charge is 2.29. The van der Waals surface area contributed by atoms with E-state index in [4.69, 9.17) is 9.51 Å². The van der Waals surface area contributed by atoms with E-state index < -0.39 is 0 Å². The molecule has 1 saturated heterocycles. The van der Waals surface area contributed by atoms with Gasteiger partial charge in [-0.05, 0) is 43.3 Å². The lowest BCUT2D eigenvalue weighted by Gasteiger charge is -2.31. The first kappa shape index (κ1) is 22.0. The summed E-state index contributed by atoms with van der Waals surface area (Å²) in [6.45, 7) is 3.41. The highest BCUT2D eigenvalue weighted by atomic mass is 32.1. The number of hydrogen-bond donors (Lipinski definition) is 0. The van der Waals surface area contributed by atoms with Crippen molar-refractivity contribution in [3.63, 3.8) is 0 Å². The summed E-state index contributed by atoms with van der Waals surface area (Å²) in [5.41, 5.74) is 4.68. The Balaban J connectivity index is 1.17. The third-order valence-corrected chi connectivity index (χ3v) is 8.44. The second kappa shape index (κ2) is 9.28. The van der Waals surface area contributed by atoms with Crippen LogP contribution in [-0.4, -0.2) is 38.6 Å². The molecule has 0 spiro atoms. The lowest BCUT2D eigenvalue weighted by molar-refractivity contribution is 0.0718. The summed E-state index contributed by atoms with van der Waals surface area (Å²) < 4.78 is 7.55. The monoisotopic (exact) mass is 500 g/mol. The number of piperidine rings is 1. The van der Waals surface area contributed by atoms with Crippen molar-refractivity contribution < 1.29 is 9.32 Å². The zero-order chi connectivity index (χ0) is 23.8. The van der Waals surface area contributed by atoms with Crippen LogP contribution in [0.4, 0.5) is 0 Å². The van der Waals surface area contributed by atoms with Crippen LogP contribution in [0.3, 0.4) is 0 Å².